The lowest BCUT2D eigenvalue weighted by Crippen LogP contribution is -2.34. The molecule has 0 saturated carbocycles. The van der Waals surface area contributed by atoms with Crippen LogP contribution in [0.3, 0.4) is 0 Å². The zero-order valence-corrected chi connectivity index (χ0v) is 11.4. The molecule has 2 atom stereocenters. The Morgan fingerprint density at radius 2 is 2.32 bits per heavy atom. The van der Waals surface area contributed by atoms with Crippen molar-refractivity contribution in [1.29, 1.82) is 0 Å². The average Bonchev–Trinajstić information content (AvgIpc) is 2.42. The minimum atomic E-state index is -0.0282. The molecule has 104 valence electrons. The highest BCUT2D eigenvalue weighted by Crippen LogP contribution is 2.25. The smallest absolute Gasteiger partial charge is 0.224 e. The Morgan fingerprint density at radius 1 is 1.53 bits per heavy atom. The van der Waals surface area contributed by atoms with Crippen molar-refractivity contribution >= 4 is 11.6 Å². The van der Waals surface area contributed by atoms with Gasteiger partial charge in [-0.25, -0.2) is 0 Å². The number of piperidine rings is 1. The van der Waals surface area contributed by atoms with E-state index < -0.39 is 0 Å². The van der Waals surface area contributed by atoms with E-state index in [1.807, 2.05) is 0 Å². The molecule has 4 heteroatoms. The Morgan fingerprint density at radius 3 is 3.00 bits per heavy atom. The van der Waals surface area contributed by atoms with E-state index in [-0.39, 0.29) is 11.7 Å². The number of nitrogens with one attached hydrogen (secondary N) is 2. The number of phenolic OH excluding ortho intramolecular Hbond substituents is 1. The maximum absolute atomic E-state index is 12.0. The van der Waals surface area contributed by atoms with Crippen molar-refractivity contribution in [2.75, 3.05) is 18.4 Å². The van der Waals surface area contributed by atoms with Gasteiger partial charge in [0.15, 0.2) is 0 Å². The summed E-state index contributed by atoms with van der Waals surface area (Å²) < 4.78 is 0. The second-order valence-corrected chi connectivity index (χ2v) is 5.35. The van der Waals surface area contributed by atoms with Crippen molar-refractivity contribution in [2.45, 2.75) is 26.2 Å². The zero-order chi connectivity index (χ0) is 13.7. The molecule has 1 heterocycles. The van der Waals surface area contributed by atoms with Crippen LogP contribution in [0.4, 0.5) is 5.69 Å². The fraction of sp³-hybridized carbons (Fsp3) is 0.533. The standard InChI is InChI=1S/C15H22N2O2/c1-11(12-5-4-8-16-10-12)9-15(19)17-13-6-2-3-7-14(13)18/h2-3,6-7,11-12,16,18H,4-5,8-10H2,1H3,(H,17,19). The predicted octanol–water partition coefficient (Wildman–Crippen LogP) is 2.36. The quantitative estimate of drug-likeness (QED) is 0.730. The molecule has 0 aromatic heterocycles. The number of amides is 1. The number of hydrogen-bond donors (Lipinski definition) is 3. The topological polar surface area (TPSA) is 61.4 Å². The van der Waals surface area contributed by atoms with E-state index >= 15 is 0 Å². The molecule has 0 spiro atoms. The number of rotatable bonds is 4. The fourth-order valence-corrected chi connectivity index (χ4v) is 2.60. The van der Waals surface area contributed by atoms with E-state index in [0.717, 1.165) is 13.1 Å². The van der Waals surface area contributed by atoms with Crippen LogP contribution >= 0.6 is 0 Å². The number of anilines is 1. The highest BCUT2D eigenvalue weighted by Gasteiger charge is 2.22. The van der Waals surface area contributed by atoms with E-state index in [0.29, 0.717) is 23.9 Å². The van der Waals surface area contributed by atoms with E-state index in [9.17, 15) is 9.90 Å². The Balaban J connectivity index is 1.85. The molecule has 1 aliphatic rings. The minimum absolute atomic E-state index is 0.0282. The van der Waals surface area contributed by atoms with Gasteiger partial charge in [0, 0.05) is 6.42 Å². The first-order valence-corrected chi connectivity index (χ1v) is 6.95. The van der Waals surface area contributed by atoms with Gasteiger partial charge in [0.05, 0.1) is 5.69 Å². The van der Waals surface area contributed by atoms with Gasteiger partial charge in [-0.1, -0.05) is 19.1 Å². The third-order valence-electron chi connectivity index (χ3n) is 3.83. The maximum Gasteiger partial charge on any atom is 0.224 e. The number of carbonyl (C=O) groups is 1. The van der Waals surface area contributed by atoms with Crippen LogP contribution in [0, 0.1) is 11.8 Å². The lowest BCUT2D eigenvalue weighted by Gasteiger charge is -2.28. The van der Waals surface area contributed by atoms with Crippen molar-refractivity contribution in [1.82, 2.24) is 5.32 Å². The number of hydrogen-bond acceptors (Lipinski definition) is 3. The van der Waals surface area contributed by atoms with E-state index in [4.69, 9.17) is 0 Å². The van der Waals surface area contributed by atoms with Crippen molar-refractivity contribution < 1.29 is 9.90 Å². The summed E-state index contributed by atoms with van der Waals surface area (Å²) in [5, 5.41) is 15.8. The third kappa shape index (κ3) is 3.96. The first kappa shape index (κ1) is 13.9. The third-order valence-corrected chi connectivity index (χ3v) is 3.83. The first-order valence-electron chi connectivity index (χ1n) is 6.95. The summed E-state index contributed by atoms with van der Waals surface area (Å²) in [4.78, 5) is 12.0. The molecule has 1 saturated heterocycles. The molecule has 1 aliphatic heterocycles. The van der Waals surface area contributed by atoms with Crippen molar-refractivity contribution in [2.24, 2.45) is 11.8 Å². The largest absolute Gasteiger partial charge is 0.506 e. The van der Waals surface area contributed by atoms with Gasteiger partial charge >= 0.3 is 0 Å². The van der Waals surface area contributed by atoms with Gasteiger partial charge in [-0.2, -0.15) is 0 Å². The Kier molecular flexibility index (Phi) is 4.80. The average molecular weight is 262 g/mol. The fourth-order valence-electron chi connectivity index (χ4n) is 2.60. The van der Waals surface area contributed by atoms with Gasteiger partial charge in [0.2, 0.25) is 5.91 Å². The molecule has 2 rings (SSSR count). The summed E-state index contributed by atoms with van der Waals surface area (Å²) in [5.74, 6) is 1.02. The van der Waals surface area contributed by atoms with Crippen LogP contribution in [0.2, 0.25) is 0 Å². The Bertz CT molecular complexity index is 428. The van der Waals surface area contributed by atoms with Crippen LogP contribution in [0.15, 0.2) is 24.3 Å². The van der Waals surface area contributed by atoms with Crippen LogP contribution in [-0.2, 0) is 4.79 Å². The van der Waals surface area contributed by atoms with E-state index in [1.165, 1.54) is 12.8 Å². The molecule has 4 nitrogen and oxygen atoms in total. The summed E-state index contributed by atoms with van der Waals surface area (Å²) >= 11 is 0. The van der Waals surface area contributed by atoms with Crippen LogP contribution < -0.4 is 10.6 Å². The van der Waals surface area contributed by atoms with E-state index in [2.05, 4.69) is 17.6 Å². The molecule has 0 aliphatic carbocycles. The van der Waals surface area contributed by atoms with Gasteiger partial charge in [-0.3, -0.25) is 4.79 Å². The summed E-state index contributed by atoms with van der Waals surface area (Å²) in [7, 11) is 0. The van der Waals surface area contributed by atoms with Gasteiger partial charge in [-0.05, 0) is 49.9 Å². The SMILES string of the molecule is CC(CC(=O)Nc1ccccc1O)C1CCCNC1. The number of benzene rings is 1. The molecular formula is C15H22N2O2. The van der Waals surface area contributed by atoms with Gasteiger partial charge in [-0.15, -0.1) is 0 Å². The van der Waals surface area contributed by atoms with Crippen LogP contribution in [0.25, 0.3) is 0 Å². The summed E-state index contributed by atoms with van der Waals surface area (Å²) in [6.07, 6.45) is 2.88. The molecular weight excluding hydrogens is 240 g/mol. The van der Waals surface area contributed by atoms with Crippen molar-refractivity contribution in [3.63, 3.8) is 0 Å². The van der Waals surface area contributed by atoms with Gasteiger partial charge in [0.25, 0.3) is 0 Å². The van der Waals surface area contributed by atoms with Gasteiger partial charge in [0.1, 0.15) is 5.75 Å². The van der Waals surface area contributed by atoms with E-state index in [1.54, 1.807) is 24.3 Å². The Labute approximate surface area is 114 Å². The molecule has 0 bridgehead atoms. The minimum Gasteiger partial charge on any atom is -0.506 e. The lowest BCUT2D eigenvalue weighted by atomic mass is 9.85. The number of carbonyl (C=O) groups excluding carboxylic acids is 1. The number of phenols is 1. The monoisotopic (exact) mass is 262 g/mol. The molecule has 19 heavy (non-hydrogen) atoms. The lowest BCUT2D eigenvalue weighted by molar-refractivity contribution is -0.117. The highest BCUT2D eigenvalue weighted by atomic mass is 16.3. The molecule has 1 aromatic rings. The van der Waals surface area contributed by atoms with Crippen LogP contribution in [0.1, 0.15) is 26.2 Å². The molecule has 3 N–H and O–H groups in total. The van der Waals surface area contributed by atoms with Crippen molar-refractivity contribution in [3.8, 4) is 5.75 Å². The van der Waals surface area contributed by atoms with Crippen LogP contribution in [-0.4, -0.2) is 24.1 Å². The predicted molar refractivity (Wildman–Crippen MR) is 76.1 cm³/mol. The van der Waals surface area contributed by atoms with Gasteiger partial charge < -0.3 is 15.7 Å². The summed E-state index contributed by atoms with van der Waals surface area (Å²) in [5.41, 5.74) is 0.487. The highest BCUT2D eigenvalue weighted by molar-refractivity contribution is 5.92. The number of para-hydroxylation sites is 2. The summed E-state index contributed by atoms with van der Waals surface area (Å²) in [6, 6.07) is 6.81. The molecule has 1 fully saturated rings. The van der Waals surface area contributed by atoms with Crippen molar-refractivity contribution in [3.05, 3.63) is 24.3 Å². The normalized spacial score (nSPS) is 20.8. The molecule has 1 amide bonds. The first-order chi connectivity index (χ1) is 9.16. The second-order valence-electron chi connectivity index (χ2n) is 5.35. The maximum atomic E-state index is 12.0. The van der Waals surface area contributed by atoms with Crippen LogP contribution in [0.5, 0.6) is 5.75 Å². The molecule has 1 aromatic carbocycles. The Hall–Kier alpha value is -1.55. The number of aromatic hydroxyl groups is 1. The molecule has 2 unspecified atom stereocenters. The molecule has 0 radical (unpaired) electrons. The zero-order valence-electron chi connectivity index (χ0n) is 11.4. The summed E-state index contributed by atoms with van der Waals surface area (Å²) in [6.45, 7) is 4.22. The second kappa shape index (κ2) is 6.57.